The second kappa shape index (κ2) is 9.83. The Labute approximate surface area is 233 Å². The van der Waals surface area contributed by atoms with E-state index in [0.29, 0.717) is 12.1 Å². The van der Waals surface area contributed by atoms with E-state index in [-0.39, 0.29) is 29.5 Å². The van der Waals surface area contributed by atoms with Gasteiger partial charge in [0.05, 0.1) is 18.0 Å². The molecule has 1 heterocycles. The number of amides is 1. The van der Waals surface area contributed by atoms with Crippen LogP contribution in [-0.4, -0.2) is 32.7 Å². The normalized spacial score (nSPS) is 30.3. The lowest BCUT2D eigenvalue weighted by molar-refractivity contribution is -0.121. The minimum absolute atomic E-state index is 0.234. The second-order valence-corrected chi connectivity index (χ2v) is 14.8. The van der Waals surface area contributed by atoms with E-state index in [1.807, 2.05) is 36.4 Å². The van der Waals surface area contributed by atoms with Crippen LogP contribution in [0.3, 0.4) is 0 Å². The molecule has 5 aliphatic rings. The van der Waals surface area contributed by atoms with E-state index < -0.39 is 10.0 Å². The number of sulfonamides is 1. The first kappa shape index (κ1) is 26.7. The minimum Gasteiger partial charge on any atom is -0.487 e. The highest BCUT2D eigenvalue weighted by Gasteiger charge is 2.51. The van der Waals surface area contributed by atoms with E-state index in [1.165, 1.54) is 54.6 Å². The van der Waals surface area contributed by atoms with Gasteiger partial charge in [-0.15, -0.1) is 0 Å². The Morgan fingerprint density at radius 2 is 1.51 bits per heavy atom. The number of carbonyl (C=O) groups is 1. The van der Waals surface area contributed by atoms with Crippen molar-refractivity contribution in [3.05, 3.63) is 59.7 Å². The van der Waals surface area contributed by atoms with Crippen LogP contribution < -0.4 is 14.4 Å². The number of fused-ring (bicyclic) bond motifs is 1. The molecule has 2 aromatic carbocycles. The topological polar surface area (TPSA) is 75.7 Å². The molecule has 4 fully saturated rings. The van der Waals surface area contributed by atoms with E-state index in [0.717, 1.165) is 41.9 Å². The molecule has 0 radical (unpaired) electrons. The monoisotopic (exact) mass is 550 g/mol. The first-order valence-corrected chi connectivity index (χ1v) is 16.6. The maximum atomic E-state index is 13.4. The Morgan fingerprint density at radius 1 is 0.923 bits per heavy atom. The maximum absolute atomic E-state index is 13.4. The number of anilines is 1. The first-order valence-electron chi connectivity index (χ1n) is 14.8. The molecule has 6 nitrogen and oxygen atoms in total. The number of para-hydroxylation sites is 1. The van der Waals surface area contributed by atoms with Gasteiger partial charge in [-0.25, -0.2) is 8.42 Å². The van der Waals surface area contributed by atoms with E-state index in [1.54, 1.807) is 0 Å². The van der Waals surface area contributed by atoms with Gasteiger partial charge in [-0.3, -0.25) is 9.10 Å². The Bertz CT molecular complexity index is 1300. The van der Waals surface area contributed by atoms with Crippen LogP contribution in [0.1, 0.15) is 88.8 Å². The SMILES string of the molecule is CCC1(CC)C[C@@H](NC(=O)CN(c2ccc(C34CC5CC(CC(C5)C3)C4)cc2)S(C)(=O)=O)c2ccccc2O1. The summed E-state index contributed by atoms with van der Waals surface area (Å²) in [6, 6.07) is 15.7. The van der Waals surface area contributed by atoms with Gasteiger partial charge in [0.15, 0.2) is 0 Å². The molecule has 1 amide bonds. The molecule has 0 unspecified atom stereocenters. The lowest BCUT2D eigenvalue weighted by atomic mass is 9.48. The smallest absolute Gasteiger partial charge is 0.241 e. The zero-order valence-electron chi connectivity index (χ0n) is 23.5. The highest BCUT2D eigenvalue weighted by Crippen LogP contribution is 2.60. The molecular weight excluding hydrogens is 508 g/mol. The van der Waals surface area contributed by atoms with Gasteiger partial charge in [-0.1, -0.05) is 44.2 Å². The highest BCUT2D eigenvalue weighted by molar-refractivity contribution is 7.92. The average Bonchev–Trinajstić information content (AvgIpc) is 2.90. The molecule has 4 aliphatic carbocycles. The van der Waals surface area contributed by atoms with Crippen LogP contribution in [-0.2, 0) is 20.2 Å². The molecule has 7 heteroatoms. The predicted octanol–water partition coefficient (Wildman–Crippen LogP) is 6.12. The Morgan fingerprint density at radius 3 is 2.08 bits per heavy atom. The molecule has 1 atom stereocenters. The van der Waals surface area contributed by atoms with Gasteiger partial charge in [0.25, 0.3) is 0 Å². The van der Waals surface area contributed by atoms with Crippen molar-refractivity contribution in [2.45, 2.75) is 88.7 Å². The summed E-state index contributed by atoms with van der Waals surface area (Å²) < 4.78 is 33.4. The molecule has 210 valence electrons. The number of hydrogen-bond donors (Lipinski definition) is 1. The molecule has 7 rings (SSSR count). The number of hydrogen-bond acceptors (Lipinski definition) is 4. The van der Waals surface area contributed by atoms with Gasteiger partial charge in [-0.05, 0) is 98.3 Å². The van der Waals surface area contributed by atoms with E-state index >= 15 is 0 Å². The number of nitrogens with one attached hydrogen (secondary N) is 1. The summed E-state index contributed by atoms with van der Waals surface area (Å²) in [5.74, 6) is 3.02. The lowest BCUT2D eigenvalue weighted by Gasteiger charge is -2.57. The number of ether oxygens (including phenoxy) is 1. The van der Waals surface area contributed by atoms with E-state index in [9.17, 15) is 13.2 Å². The van der Waals surface area contributed by atoms with Crippen LogP contribution >= 0.6 is 0 Å². The second-order valence-electron chi connectivity index (χ2n) is 12.9. The molecule has 1 N–H and O–H groups in total. The van der Waals surface area contributed by atoms with Crippen LogP contribution in [0.15, 0.2) is 48.5 Å². The molecule has 0 saturated heterocycles. The summed E-state index contributed by atoms with van der Waals surface area (Å²) in [4.78, 5) is 13.4. The molecule has 39 heavy (non-hydrogen) atoms. The molecule has 0 spiro atoms. The highest BCUT2D eigenvalue weighted by atomic mass is 32.2. The molecule has 1 aliphatic heterocycles. The summed E-state index contributed by atoms with van der Waals surface area (Å²) in [5, 5.41) is 3.15. The fourth-order valence-corrected chi connectivity index (χ4v) is 9.50. The third-order valence-electron chi connectivity index (χ3n) is 10.3. The standard InChI is InChI=1S/C32H42N2O4S/c1-4-32(5-2)20-28(27-8-6-7-9-29(27)38-32)33-30(35)21-34(39(3,36)37)26-12-10-25(11-13-26)31-17-22-14-23(18-31)16-24(15-22)19-31/h6-13,22-24,28H,4-5,14-21H2,1-3H3,(H,33,35)/t22?,23?,24?,28-,31?/m1/s1. The lowest BCUT2D eigenvalue weighted by Crippen LogP contribution is -2.48. The van der Waals surface area contributed by atoms with Crippen molar-refractivity contribution in [1.82, 2.24) is 5.32 Å². The van der Waals surface area contributed by atoms with Gasteiger partial charge in [0, 0.05) is 12.0 Å². The number of benzene rings is 2. The third kappa shape index (κ3) is 4.96. The largest absolute Gasteiger partial charge is 0.487 e. The van der Waals surface area contributed by atoms with Crippen molar-refractivity contribution < 1.29 is 17.9 Å². The van der Waals surface area contributed by atoms with Crippen LogP contribution in [0.25, 0.3) is 0 Å². The maximum Gasteiger partial charge on any atom is 0.241 e. The van der Waals surface area contributed by atoms with Gasteiger partial charge in [-0.2, -0.15) is 0 Å². The fraction of sp³-hybridized carbons (Fsp3) is 0.594. The quantitative estimate of drug-likeness (QED) is 0.430. The van der Waals surface area contributed by atoms with Crippen molar-refractivity contribution in [1.29, 1.82) is 0 Å². The van der Waals surface area contributed by atoms with Crippen molar-refractivity contribution >= 4 is 21.6 Å². The van der Waals surface area contributed by atoms with Gasteiger partial charge >= 0.3 is 0 Å². The first-order chi connectivity index (χ1) is 18.6. The van der Waals surface area contributed by atoms with Crippen molar-refractivity contribution in [2.24, 2.45) is 17.8 Å². The Hall–Kier alpha value is -2.54. The summed E-state index contributed by atoms with van der Waals surface area (Å²) in [6.07, 6.45) is 11.5. The molecule has 2 aromatic rings. The van der Waals surface area contributed by atoms with Crippen molar-refractivity contribution in [3.63, 3.8) is 0 Å². The van der Waals surface area contributed by atoms with Gasteiger partial charge in [0.2, 0.25) is 15.9 Å². The third-order valence-corrected chi connectivity index (χ3v) is 11.5. The van der Waals surface area contributed by atoms with Crippen LogP contribution in [0.5, 0.6) is 5.75 Å². The minimum atomic E-state index is -3.66. The van der Waals surface area contributed by atoms with Gasteiger partial charge in [0.1, 0.15) is 17.9 Å². The van der Waals surface area contributed by atoms with Crippen LogP contribution in [0.4, 0.5) is 5.69 Å². The van der Waals surface area contributed by atoms with Gasteiger partial charge < -0.3 is 10.1 Å². The fourth-order valence-electron chi connectivity index (χ4n) is 8.65. The zero-order valence-corrected chi connectivity index (χ0v) is 24.3. The Balaban J connectivity index is 1.21. The Kier molecular flexibility index (Phi) is 6.72. The summed E-state index contributed by atoms with van der Waals surface area (Å²) in [6.45, 7) is 3.96. The van der Waals surface area contributed by atoms with Crippen molar-refractivity contribution in [2.75, 3.05) is 17.1 Å². The summed E-state index contributed by atoms with van der Waals surface area (Å²) >= 11 is 0. The zero-order chi connectivity index (χ0) is 27.4. The van der Waals surface area contributed by atoms with E-state index in [4.69, 9.17) is 4.74 Å². The molecule has 4 saturated carbocycles. The van der Waals surface area contributed by atoms with Crippen LogP contribution in [0, 0.1) is 17.8 Å². The molecular formula is C32H42N2O4S. The molecule has 4 bridgehead atoms. The summed E-state index contributed by atoms with van der Waals surface area (Å²) in [5.41, 5.74) is 2.73. The average molecular weight is 551 g/mol. The predicted molar refractivity (Wildman–Crippen MR) is 154 cm³/mol. The van der Waals surface area contributed by atoms with E-state index in [2.05, 4.69) is 31.3 Å². The van der Waals surface area contributed by atoms with Crippen molar-refractivity contribution in [3.8, 4) is 5.75 Å². The summed E-state index contributed by atoms with van der Waals surface area (Å²) in [7, 11) is -3.66. The molecule has 0 aromatic heterocycles. The number of nitrogens with zero attached hydrogens (tertiary/aromatic N) is 1. The number of rotatable bonds is 8. The van der Waals surface area contributed by atoms with Crippen LogP contribution in [0.2, 0.25) is 0 Å². The number of carbonyl (C=O) groups excluding carboxylic acids is 1.